The van der Waals surface area contributed by atoms with E-state index in [-0.39, 0.29) is 30.4 Å². The van der Waals surface area contributed by atoms with Crippen LogP contribution in [0.15, 0.2) is 79.1 Å². The Morgan fingerprint density at radius 2 is 1.59 bits per heavy atom. The van der Waals surface area contributed by atoms with Gasteiger partial charge in [0.2, 0.25) is 11.9 Å². The van der Waals surface area contributed by atoms with Gasteiger partial charge in [-0.25, -0.2) is 4.79 Å². The molecule has 3 aromatic carbocycles. The third kappa shape index (κ3) is 10.4. The third-order valence-electron chi connectivity index (χ3n) is 8.19. The number of halogens is 4. The standard InChI is InChI=1S/C34H30ClF3N12O6/c35-21-5-3-20(4-6-21)33(14-15-33)47-31-44-30(45-32(46-31)56-17-34(36,37)38)42-23-7-1-19(2-8-23)26(51)43-25(29(54)55)13-16-39-27(52)28(53)41-22-9-11-24(12-10-22)50-18-40-48-49-50/h1-12,18,25H,13-17H2,(H6,39,41,42,43,44,45,46,47,51,52,53,54,55)/p+1. The first-order valence-corrected chi connectivity index (χ1v) is 17.0. The van der Waals surface area contributed by atoms with Gasteiger partial charge >= 0.3 is 30.0 Å². The molecule has 7 N–H and O–H groups in total. The summed E-state index contributed by atoms with van der Waals surface area (Å²) in [6.45, 7) is -1.89. The van der Waals surface area contributed by atoms with E-state index >= 15 is 0 Å². The lowest BCUT2D eigenvalue weighted by Crippen LogP contribution is -2.44. The minimum Gasteiger partial charge on any atom is -0.480 e. The maximum absolute atomic E-state index is 12.9. The zero-order chi connectivity index (χ0) is 39.9. The predicted molar refractivity (Wildman–Crippen MR) is 190 cm³/mol. The van der Waals surface area contributed by atoms with Crippen molar-refractivity contribution in [2.24, 2.45) is 0 Å². The molecule has 1 aliphatic carbocycles. The Bertz CT molecular complexity index is 2190. The van der Waals surface area contributed by atoms with E-state index in [1.807, 2.05) is 12.1 Å². The minimum absolute atomic E-state index is 0.0476. The minimum atomic E-state index is -4.65. The number of H-pyrrole nitrogens is 1. The molecule has 6 rings (SSSR count). The van der Waals surface area contributed by atoms with Crippen LogP contribution in [0.4, 0.5) is 36.4 Å². The second kappa shape index (κ2) is 16.6. The number of anilines is 4. The lowest BCUT2D eigenvalue weighted by molar-refractivity contribution is -0.660. The number of hydrogen-bond donors (Lipinski definition) is 7. The normalized spacial score (nSPS) is 13.5. The number of hydrogen-bond acceptors (Lipinski definition) is 12. The van der Waals surface area contributed by atoms with Crippen molar-refractivity contribution in [3.63, 3.8) is 0 Å². The van der Waals surface area contributed by atoms with Crippen LogP contribution >= 0.6 is 11.6 Å². The molecule has 0 spiro atoms. The molecule has 3 amide bonds. The van der Waals surface area contributed by atoms with Gasteiger partial charge in [0.1, 0.15) is 16.8 Å². The molecule has 18 nitrogen and oxygen atoms in total. The fourth-order valence-corrected chi connectivity index (χ4v) is 5.34. The summed E-state index contributed by atoms with van der Waals surface area (Å²) in [5, 5.41) is 33.2. The van der Waals surface area contributed by atoms with E-state index in [0.29, 0.717) is 34.9 Å². The fraction of sp³-hybridized carbons (Fsp3) is 0.235. The number of tetrazole rings is 1. The lowest BCUT2D eigenvalue weighted by atomic mass is 10.1. The maximum atomic E-state index is 12.9. The van der Waals surface area contributed by atoms with Crippen molar-refractivity contribution in [3.05, 3.63) is 95.3 Å². The molecule has 1 saturated carbocycles. The van der Waals surface area contributed by atoms with Crippen LogP contribution in [0.3, 0.4) is 0 Å². The zero-order valence-electron chi connectivity index (χ0n) is 28.8. The van der Waals surface area contributed by atoms with E-state index in [1.165, 1.54) is 35.3 Å². The van der Waals surface area contributed by atoms with E-state index in [2.05, 4.69) is 57.1 Å². The predicted octanol–water partition coefficient (Wildman–Crippen LogP) is 3.03. The molecule has 0 saturated heterocycles. The van der Waals surface area contributed by atoms with Gasteiger partial charge in [-0.2, -0.15) is 28.1 Å². The number of aromatic nitrogens is 7. The van der Waals surface area contributed by atoms with Gasteiger partial charge in [0.25, 0.3) is 12.2 Å². The summed E-state index contributed by atoms with van der Waals surface area (Å²) in [7, 11) is 0. The summed E-state index contributed by atoms with van der Waals surface area (Å²) < 4.78 is 45.2. The Hall–Kier alpha value is -6.90. The fourth-order valence-electron chi connectivity index (χ4n) is 5.21. The second-order valence-electron chi connectivity index (χ2n) is 12.3. The van der Waals surface area contributed by atoms with Gasteiger partial charge < -0.3 is 36.4 Å². The van der Waals surface area contributed by atoms with Gasteiger partial charge in [-0.3, -0.25) is 14.4 Å². The topological polar surface area (TPSA) is 242 Å². The molecule has 0 aliphatic heterocycles. The molecule has 2 heterocycles. The average Bonchev–Trinajstić information content (AvgIpc) is 3.72. The van der Waals surface area contributed by atoms with Crippen molar-refractivity contribution >= 4 is 58.6 Å². The maximum Gasteiger partial charge on any atom is 0.422 e. The summed E-state index contributed by atoms with van der Waals surface area (Å²) in [4.78, 5) is 61.8. The van der Waals surface area contributed by atoms with E-state index in [1.54, 1.807) is 36.4 Å². The lowest BCUT2D eigenvalue weighted by Gasteiger charge is -2.19. The second-order valence-corrected chi connectivity index (χ2v) is 12.7. The van der Waals surface area contributed by atoms with Crippen LogP contribution in [0.5, 0.6) is 6.01 Å². The van der Waals surface area contributed by atoms with Crippen LogP contribution in [0.2, 0.25) is 5.02 Å². The summed E-state index contributed by atoms with van der Waals surface area (Å²) in [5.41, 5.74) is 1.68. The van der Waals surface area contributed by atoms with Crippen molar-refractivity contribution in [2.45, 2.75) is 37.0 Å². The first-order chi connectivity index (χ1) is 26.7. The van der Waals surface area contributed by atoms with Crippen LogP contribution < -0.4 is 36.0 Å². The summed E-state index contributed by atoms with van der Waals surface area (Å²) in [5.74, 6) is -4.36. The van der Waals surface area contributed by atoms with E-state index < -0.39 is 54.1 Å². The summed E-state index contributed by atoms with van der Waals surface area (Å²) in [6, 6.07) is 17.1. The molecular weight excluding hydrogens is 765 g/mol. The van der Waals surface area contributed by atoms with E-state index in [0.717, 1.165) is 5.56 Å². The van der Waals surface area contributed by atoms with Gasteiger partial charge in [0, 0.05) is 28.5 Å². The third-order valence-corrected chi connectivity index (χ3v) is 8.44. The first kappa shape index (κ1) is 38.8. The number of nitrogens with zero attached hydrogens (tertiary/aromatic N) is 6. The number of carboxylic acids is 1. The number of aliphatic carboxylic acids is 1. The number of benzene rings is 3. The van der Waals surface area contributed by atoms with E-state index in [4.69, 9.17) is 16.3 Å². The highest BCUT2D eigenvalue weighted by molar-refractivity contribution is 6.39. The van der Waals surface area contributed by atoms with Crippen LogP contribution in [-0.2, 0) is 19.9 Å². The summed E-state index contributed by atoms with van der Waals surface area (Å²) in [6.07, 6.45) is -2.07. The Labute approximate surface area is 319 Å². The average molecular weight is 796 g/mol. The molecule has 290 valence electrons. The largest absolute Gasteiger partial charge is 0.480 e. The Kier molecular flexibility index (Phi) is 11.5. The molecule has 0 radical (unpaired) electrons. The number of ether oxygens (including phenoxy) is 1. The van der Waals surface area contributed by atoms with Crippen molar-refractivity contribution in [1.29, 1.82) is 0 Å². The molecule has 56 heavy (non-hydrogen) atoms. The van der Waals surface area contributed by atoms with Crippen LogP contribution in [-0.4, -0.2) is 84.6 Å². The monoisotopic (exact) mass is 795 g/mol. The molecule has 5 aromatic rings. The van der Waals surface area contributed by atoms with Crippen molar-refractivity contribution in [3.8, 4) is 11.7 Å². The molecule has 1 unspecified atom stereocenters. The van der Waals surface area contributed by atoms with Crippen LogP contribution in [0, 0.1) is 0 Å². The molecule has 2 aromatic heterocycles. The summed E-state index contributed by atoms with van der Waals surface area (Å²) >= 11 is 6.02. The zero-order valence-corrected chi connectivity index (χ0v) is 29.6. The molecule has 1 aliphatic rings. The number of rotatable bonds is 15. The van der Waals surface area contributed by atoms with Crippen LogP contribution in [0.25, 0.3) is 5.69 Å². The number of carbonyl (C=O) groups is 4. The van der Waals surface area contributed by atoms with Gasteiger partial charge in [-0.05, 0) is 85.5 Å². The van der Waals surface area contributed by atoms with Crippen LogP contribution in [0.1, 0.15) is 35.2 Å². The van der Waals surface area contributed by atoms with Gasteiger partial charge in [-0.15, -0.1) is 4.68 Å². The molecule has 1 atom stereocenters. The molecular formula is C34H31ClF3N12O6+. The first-order valence-electron chi connectivity index (χ1n) is 16.6. The number of alkyl halides is 3. The van der Waals surface area contributed by atoms with Gasteiger partial charge in [0.15, 0.2) is 11.8 Å². The van der Waals surface area contributed by atoms with Crippen molar-refractivity contribution in [2.75, 3.05) is 29.1 Å². The number of aromatic amines is 1. The number of amides is 3. The van der Waals surface area contributed by atoms with E-state index in [9.17, 15) is 37.5 Å². The quantitative estimate of drug-likeness (QED) is 0.0596. The Morgan fingerprint density at radius 1 is 0.911 bits per heavy atom. The van der Waals surface area contributed by atoms with Crippen molar-refractivity contribution < 1.29 is 46.9 Å². The van der Waals surface area contributed by atoms with Gasteiger partial charge in [-0.1, -0.05) is 28.9 Å². The molecule has 0 bridgehead atoms. The highest BCUT2D eigenvalue weighted by Crippen LogP contribution is 2.48. The van der Waals surface area contributed by atoms with Crippen molar-refractivity contribution in [1.82, 2.24) is 41.1 Å². The molecule has 1 fully saturated rings. The Balaban J connectivity index is 1.03. The Morgan fingerprint density at radius 3 is 2.21 bits per heavy atom. The highest BCUT2D eigenvalue weighted by atomic mass is 35.5. The highest BCUT2D eigenvalue weighted by Gasteiger charge is 2.45. The number of carboxylic acid groups (broad SMARTS) is 1. The number of carbonyl (C=O) groups excluding carboxylic acids is 3. The smallest absolute Gasteiger partial charge is 0.422 e. The number of nitrogens with one attached hydrogen (secondary N) is 6. The SMILES string of the molecule is O=C(NCCC(NC(=O)c1ccc(Nc2nc(NC3(c4ccc(Cl)cc4)CC3)nc(OCC(F)(F)F)n2)cc1)C(=O)O)C(=O)Nc1ccc(-[n+]2cnn[nH]2)cc1. The van der Waals surface area contributed by atoms with Gasteiger partial charge in [0.05, 0.1) is 5.54 Å². The molecule has 22 heteroatoms.